The summed E-state index contributed by atoms with van der Waals surface area (Å²) in [6.07, 6.45) is 3.46. The van der Waals surface area contributed by atoms with Gasteiger partial charge in [-0.05, 0) is 140 Å². The number of hydrogen-bond donors (Lipinski definition) is 16. The molecule has 4 unspecified atom stereocenters. The number of halogens is 4. The van der Waals surface area contributed by atoms with Gasteiger partial charge in [0.1, 0.15) is 75.6 Å². The Morgan fingerprint density at radius 3 is 0.991 bits per heavy atom. The summed E-state index contributed by atoms with van der Waals surface area (Å²) in [5.74, 6) is 6.76. The van der Waals surface area contributed by atoms with Gasteiger partial charge in [-0.2, -0.15) is 60.3 Å². The molecule has 6 aromatic carbocycles. The number of benzene rings is 6. The van der Waals surface area contributed by atoms with Crippen molar-refractivity contribution in [3.8, 4) is 50.1 Å². The summed E-state index contributed by atoms with van der Waals surface area (Å²) in [4.78, 5) is 38.9. The number of anilines is 16. The van der Waals surface area contributed by atoms with E-state index in [9.17, 15) is 17.6 Å². The predicted octanol–water partition coefficient (Wildman–Crippen LogP) is 17.5. The first-order valence-corrected chi connectivity index (χ1v) is 37.2. The molecule has 0 spiro atoms. The molecule has 0 bridgehead atoms. The number of nitrogens with zero attached hydrogens (tertiary/aromatic N) is 13. The van der Waals surface area contributed by atoms with E-state index in [1.807, 2.05) is 136 Å². The van der Waals surface area contributed by atoms with Gasteiger partial charge in [-0.25, -0.2) is 17.6 Å². The van der Waals surface area contributed by atoms with Gasteiger partial charge in [0.15, 0.2) is 23.3 Å². The highest BCUT2D eigenvalue weighted by atomic mass is 32.1. The monoisotopic (exact) mass is 1590 g/mol. The summed E-state index contributed by atoms with van der Waals surface area (Å²) in [7, 11) is 1.63. The molecule has 30 nitrogen and oxygen atoms in total. The van der Waals surface area contributed by atoms with Gasteiger partial charge in [-0.1, -0.05) is 97.1 Å². The quantitative estimate of drug-likeness (QED) is 0.0236. The van der Waals surface area contributed by atoms with Crippen molar-refractivity contribution in [1.29, 1.82) is 0 Å². The number of nitrogens with one attached hydrogen (secondary N) is 12. The van der Waals surface area contributed by atoms with Gasteiger partial charge in [-0.15, -0.1) is 11.3 Å². The molecule has 0 fully saturated rings. The molecule has 0 saturated heterocycles. The molecule has 10 heterocycles. The van der Waals surface area contributed by atoms with E-state index >= 15 is 0 Å². The molecule has 4 atom stereocenters. The van der Waals surface area contributed by atoms with E-state index in [0.29, 0.717) is 69.8 Å². The molecule has 0 saturated carbocycles. The minimum Gasteiger partial charge on any atom is -0.497 e. The van der Waals surface area contributed by atoms with Crippen LogP contribution in [0.25, 0.3) is 44.3 Å². The van der Waals surface area contributed by atoms with Crippen LogP contribution in [0, 0.1) is 23.3 Å². The van der Waals surface area contributed by atoms with Crippen molar-refractivity contribution < 1.29 is 22.3 Å². The average molecular weight is 1590 g/mol. The maximum atomic E-state index is 13.2. The van der Waals surface area contributed by atoms with Gasteiger partial charge in [0, 0.05) is 96.2 Å². The van der Waals surface area contributed by atoms with Gasteiger partial charge < -0.3 is 70.2 Å². The third-order valence-electron chi connectivity index (χ3n) is 17.5. The molecule has 10 aromatic heterocycles. The van der Waals surface area contributed by atoms with Crippen LogP contribution in [0.15, 0.2) is 242 Å². The molecule has 16 aromatic rings. The van der Waals surface area contributed by atoms with Crippen molar-refractivity contribution in [2.75, 3.05) is 72.6 Å². The number of methoxy groups -OCH3 is 1. The summed E-state index contributed by atoms with van der Waals surface area (Å²) in [5.41, 5.74) is 33.5. The SMILES string of the molecule is CC(Nc1cc(Nc2cc(-c3ccccc3)[nH]n2)nc(N)n1)c1ccc(F)cc1.CC(Nc1cc(Nc2cc(-c3cccnc3)[nH]n2)nc(N)n1)c1ccc(F)cc1.CC(Nc1cc(Nc2cc(-c3cccs3)[nH]n2)nc(N)n1)c1ccc(F)cc1.COc1cccc(-c2cc(Nc3cc(NC(C)c4ccc(F)cc4)nc(N)n3)n[nH]2)c1. The number of nitrogen functional groups attached to an aromatic ring is 4. The van der Waals surface area contributed by atoms with Crippen LogP contribution in [-0.4, -0.2) is 92.8 Å². The van der Waals surface area contributed by atoms with E-state index in [-0.39, 0.29) is 71.2 Å². The first kappa shape index (κ1) is 79.5. The second kappa shape index (κ2) is 37.6. The molecular formula is C82H79F4N29OS. The number of hydrogen-bond acceptors (Lipinski definition) is 27. The Labute approximate surface area is 671 Å². The van der Waals surface area contributed by atoms with Crippen LogP contribution in [0.1, 0.15) is 74.1 Å². The lowest BCUT2D eigenvalue weighted by molar-refractivity contribution is 0.415. The van der Waals surface area contributed by atoms with Crippen molar-refractivity contribution in [2.24, 2.45) is 0 Å². The van der Waals surface area contributed by atoms with Crippen LogP contribution in [0.3, 0.4) is 0 Å². The molecule has 20 N–H and O–H groups in total. The molecule has 0 radical (unpaired) electrons. The van der Waals surface area contributed by atoms with Crippen molar-refractivity contribution in [1.82, 2.24) is 85.6 Å². The van der Waals surface area contributed by atoms with Crippen LogP contribution >= 0.6 is 11.3 Å². The molecule has 0 aliphatic rings. The first-order chi connectivity index (χ1) is 56.7. The topological polar surface area (TPSA) is 440 Å². The summed E-state index contributed by atoms with van der Waals surface area (Å²) >= 11 is 1.63. The summed E-state index contributed by atoms with van der Waals surface area (Å²) in [5, 5.41) is 56.5. The van der Waals surface area contributed by atoms with Crippen molar-refractivity contribution >= 4 is 105 Å². The number of pyridine rings is 1. The van der Waals surface area contributed by atoms with Crippen LogP contribution < -0.4 is 70.2 Å². The highest BCUT2D eigenvalue weighted by molar-refractivity contribution is 7.13. The van der Waals surface area contributed by atoms with E-state index in [4.69, 9.17) is 27.7 Å². The van der Waals surface area contributed by atoms with Gasteiger partial charge in [-0.3, -0.25) is 25.4 Å². The maximum Gasteiger partial charge on any atom is 0.223 e. The molecule has 592 valence electrons. The Kier molecular flexibility index (Phi) is 25.6. The molecule has 117 heavy (non-hydrogen) atoms. The van der Waals surface area contributed by atoms with Crippen LogP contribution in [-0.2, 0) is 0 Å². The second-order valence-corrected chi connectivity index (χ2v) is 27.1. The fraction of sp³-hybridized carbons (Fsp3) is 0.110. The first-order valence-electron chi connectivity index (χ1n) is 36.3. The van der Waals surface area contributed by atoms with Crippen molar-refractivity contribution in [3.05, 3.63) is 288 Å². The lowest BCUT2D eigenvalue weighted by atomic mass is 10.1. The molecule has 0 aliphatic carbocycles. The van der Waals surface area contributed by atoms with E-state index in [1.165, 1.54) is 48.5 Å². The largest absolute Gasteiger partial charge is 0.497 e. The zero-order chi connectivity index (χ0) is 81.7. The van der Waals surface area contributed by atoms with Crippen LogP contribution in [0.5, 0.6) is 5.75 Å². The van der Waals surface area contributed by atoms with Gasteiger partial charge in [0.2, 0.25) is 23.8 Å². The Morgan fingerprint density at radius 2 is 0.650 bits per heavy atom. The number of ether oxygens (including phenoxy) is 1. The van der Waals surface area contributed by atoms with E-state index in [1.54, 1.807) is 104 Å². The Balaban J connectivity index is 0.000000136. The molecule has 35 heteroatoms. The Hall–Kier alpha value is -15.6. The molecule has 0 amide bonds. The predicted molar refractivity (Wildman–Crippen MR) is 451 cm³/mol. The fourth-order valence-corrected chi connectivity index (χ4v) is 12.3. The minimum absolute atomic E-state index is 0.0847. The van der Waals surface area contributed by atoms with E-state index in [2.05, 4.69) is 128 Å². The second-order valence-electron chi connectivity index (χ2n) is 26.1. The number of rotatable bonds is 25. The number of nitrogens with two attached hydrogens (primary N) is 4. The summed E-state index contributed by atoms with van der Waals surface area (Å²) in [6, 6.07) is 64.6. The van der Waals surface area contributed by atoms with Gasteiger partial charge in [0.05, 0.1) is 34.8 Å². The van der Waals surface area contributed by atoms with Crippen LogP contribution in [0.2, 0.25) is 0 Å². The normalized spacial score (nSPS) is 11.8. The van der Waals surface area contributed by atoms with Gasteiger partial charge in [0.25, 0.3) is 0 Å². The summed E-state index contributed by atoms with van der Waals surface area (Å²) in [6.45, 7) is 7.82. The van der Waals surface area contributed by atoms with E-state index < -0.39 is 0 Å². The number of H-pyrrole nitrogens is 4. The third-order valence-corrected chi connectivity index (χ3v) is 18.4. The Bertz CT molecular complexity index is 5690. The lowest BCUT2D eigenvalue weighted by Crippen LogP contribution is -2.10. The van der Waals surface area contributed by atoms with Crippen molar-refractivity contribution in [2.45, 2.75) is 51.9 Å². The highest BCUT2D eigenvalue weighted by Crippen LogP contribution is 2.32. The Morgan fingerprint density at radius 1 is 0.325 bits per heavy atom. The smallest absolute Gasteiger partial charge is 0.223 e. The average Bonchev–Trinajstić information content (AvgIpc) is 1.81. The fourth-order valence-electron chi connectivity index (χ4n) is 11.6. The zero-order valence-electron chi connectivity index (χ0n) is 63.4. The number of aromatic amines is 4. The molecule has 16 rings (SSSR count). The number of thiophene rings is 1. The third kappa shape index (κ3) is 22.6. The summed E-state index contributed by atoms with van der Waals surface area (Å²) < 4.78 is 57.8. The van der Waals surface area contributed by atoms with Crippen molar-refractivity contribution in [3.63, 3.8) is 0 Å². The highest BCUT2D eigenvalue weighted by Gasteiger charge is 2.18. The maximum absolute atomic E-state index is 13.2. The molecule has 0 aliphatic heterocycles. The molecular weight excluding hydrogens is 1520 g/mol. The van der Waals surface area contributed by atoms with Gasteiger partial charge >= 0.3 is 0 Å². The number of aromatic nitrogens is 17. The standard InChI is InChI=1S/C22H22FN7O.C21H20FN7.C20H19FN8.C19H18FN7S/c1-13(14-6-8-16(23)9-7-14)25-19-12-20(28-22(24)27-19)26-21-11-18(29-30-21)15-4-3-5-17(10-15)31-2;1-13(14-7-9-16(22)10-8-14)24-18-12-19(27-21(23)26-18)25-20-11-17(28-29-20)15-5-3-2-4-6-15;1-12(13-4-6-15(21)7-5-13)24-17-10-18(27-20(22)26-17)25-19-9-16(28-29-19)14-3-2-8-23-11-14;1-11(12-4-6-13(20)7-5-12)22-16-10-17(25-19(21)24-16)23-18-9-14(26-27-18)15-3-2-8-28-15/h3-13H,1-2H3,(H5,24,25,26,27,28,29,30);2-13H,1H3,(H5,23,24,25,26,27,28,29);2-12H,1H3,(H5,22,24,25,26,27,28,29);2-11H,1H3,(H5,21,22,23,24,25,26,27). The van der Waals surface area contributed by atoms with Crippen LogP contribution in [0.4, 0.5) is 111 Å². The zero-order valence-corrected chi connectivity index (χ0v) is 64.2. The lowest BCUT2D eigenvalue weighted by Gasteiger charge is -2.16. The van der Waals surface area contributed by atoms with E-state index in [0.717, 1.165) is 72.3 Å². The minimum atomic E-state index is -0.277.